The number of benzene rings is 1. The van der Waals surface area contributed by atoms with Crippen molar-refractivity contribution in [2.24, 2.45) is 0 Å². The molecule has 1 fully saturated rings. The Morgan fingerprint density at radius 2 is 1.81 bits per heavy atom. The van der Waals surface area contributed by atoms with Gasteiger partial charge in [0.1, 0.15) is 5.65 Å². The second-order valence-electron chi connectivity index (χ2n) is 8.82. The zero-order valence-electron chi connectivity index (χ0n) is 17.5. The Bertz CT molecular complexity index is 1330. The van der Waals surface area contributed by atoms with Crippen molar-refractivity contribution < 1.29 is 4.79 Å². The second kappa shape index (κ2) is 6.77. The van der Waals surface area contributed by atoms with Crippen LogP contribution >= 0.6 is 0 Å². The van der Waals surface area contributed by atoms with Gasteiger partial charge in [-0.25, -0.2) is 4.98 Å². The summed E-state index contributed by atoms with van der Waals surface area (Å²) in [5.74, 6) is 0.0679. The number of hydrogen-bond acceptors (Lipinski definition) is 3. The first-order valence-electron chi connectivity index (χ1n) is 11.0. The van der Waals surface area contributed by atoms with Gasteiger partial charge in [-0.1, -0.05) is 31.4 Å². The van der Waals surface area contributed by atoms with Gasteiger partial charge in [0.25, 0.3) is 5.91 Å². The molecular formula is C26H24N4O. The Labute approximate surface area is 180 Å². The van der Waals surface area contributed by atoms with Crippen LogP contribution in [0.5, 0.6) is 0 Å². The molecule has 0 saturated heterocycles. The Morgan fingerprint density at radius 3 is 2.65 bits per heavy atom. The highest BCUT2D eigenvalue weighted by Gasteiger charge is 2.43. The molecule has 1 aliphatic carbocycles. The fourth-order valence-corrected chi connectivity index (χ4v) is 5.39. The molecule has 3 aromatic heterocycles. The van der Waals surface area contributed by atoms with E-state index in [1.54, 1.807) is 0 Å². The van der Waals surface area contributed by atoms with Crippen LogP contribution in [0.1, 0.15) is 53.7 Å². The average molecular weight is 409 g/mol. The molecule has 1 amide bonds. The maximum Gasteiger partial charge on any atom is 0.252 e. The van der Waals surface area contributed by atoms with E-state index in [1.165, 1.54) is 6.42 Å². The van der Waals surface area contributed by atoms with E-state index in [-0.39, 0.29) is 11.4 Å². The Hall–Kier alpha value is -3.47. The summed E-state index contributed by atoms with van der Waals surface area (Å²) in [6.07, 6.45) is 11.4. The van der Waals surface area contributed by atoms with Gasteiger partial charge in [0.05, 0.1) is 5.54 Å². The maximum absolute atomic E-state index is 12.6. The van der Waals surface area contributed by atoms with Gasteiger partial charge in [0.2, 0.25) is 0 Å². The van der Waals surface area contributed by atoms with Crippen LogP contribution in [-0.2, 0) is 5.54 Å². The largest absolute Gasteiger partial charge is 0.346 e. The van der Waals surface area contributed by atoms with Crippen LogP contribution in [0.3, 0.4) is 0 Å². The van der Waals surface area contributed by atoms with Gasteiger partial charge >= 0.3 is 0 Å². The molecule has 1 aliphatic heterocycles. The number of amides is 1. The van der Waals surface area contributed by atoms with Crippen molar-refractivity contribution in [2.45, 2.75) is 44.6 Å². The molecule has 6 rings (SSSR count). The van der Waals surface area contributed by atoms with E-state index >= 15 is 0 Å². The van der Waals surface area contributed by atoms with Gasteiger partial charge < -0.3 is 10.3 Å². The van der Waals surface area contributed by atoms with E-state index in [4.69, 9.17) is 0 Å². The predicted octanol–water partition coefficient (Wildman–Crippen LogP) is 5.50. The molecule has 0 bridgehead atoms. The third-order valence-electron chi connectivity index (χ3n) is 7.00. The van der Waals surface area contributed by atoms with Crippen molar-refractivity contribution in [3.05, 3.63) is 71.8 Å². The fraction of sp³-hybridized carbons (Fsp3) is 0.269. The first kappa shape index (κ1) is 18.3. The van der Waals surface area contributed by atoms with Crippen molar-refractivity contribution in [1.82, 2.24) is 20.3 Å². The SMILES string of the molecule is Cc1ncccc1-c1cnc2[nH]cc(-c3ccc4c(c3)C3(CCCCC3)NC4=O)c2c1. The molecule has 4 heterocycles. The van der Waals surface area contributed by atoms with Crippen molar-refractivity contribution in [3.63, 3.8) is 0 Å². The standard InChI is InChI=1S/C26H24N4O/c1-16-19(6-5-11-27-16)18-12-21-22(15-29-24(21)28-14-18)17-7-8-20-23(13-17)26(30-25(20)31)9-3-2-4-10-26/h5-8,11-15H,2-4,9-10H2,1H3,(H,28,29)(H,30,31). The number of carbonyl (C=O) groups excluding carboxylic acids is 1. The molecule has 1 saturated carbocycles. The van der Waals surface area contributed by atoms with E-state index in [0.717, 1.165) is 75.8 Å². The van der Waals surface area contributed by atoms with Gasteiger partial charge in [-0.2, -0.15) is 0 Å². The summed E-state index contributed by atoms with van der Waals surface area (Å²) in [5, 5.41) is 4.39. The van der Waals surface area contributed by atoms with E-state index in [0.29, 0.717) is 0 Å². The van der Waals surface area contributed by atoms with Crippen LogP contribution in [0, 0.1) is 6.92 Å². The summed E-state index contributed by atoms with van der Waals surface area (Å²) in [6.45, 7) is 2.02. The first-order chi connectivity index (χ1) is 15.1. The Balaban J connectivity index is 1.49. The monoisotopic (exact) mass is 408 g/mol. The zero-order valence-corrected chi connectivity index (χ0v) is 17.5. The summed E-state index contributed by atoms with van der Waals surface area (Å²) < 4.78 is 0. The molecule has 0 atom stereocenters. The number of aromatic nitrogens is 3. The van der Waals surface area contributed by atoms with Crippen molar-refractivity contribution in [2.75, 3.05) is 0 Å². The number of hydrogen-bond donors (Lipinski definition) is 2. The summed E-state index contributed by atoms with van der Waals surface area (Å²) in [5.41, 5.74) is 8.03. The summed E-state index contributed by atoms with van der Waals surface area (Å²) >= 11 is 0. The summed E-state index contributed by atoms with van der Waals surface area (Å²) in [7, 11) is 0. The highest BCUT2D eigenvalue weighted by Crippen LogP contribution is 2.44. The van der Waals surface area contributed by atoms with Gasteiger partial charge in [-0.3, -0.25) is 9.78 Å². The number of aromatic amines is 1. The lowest BCUT2D eigenvalue weighted by Crippen LogP contribution is -2.40. The van der Waals surface area contributed by atoms with Gasteiger partial charge in [-0.05, 0) is 55.2 Å². The second-order valence-corrected chi connectivity index (χ2v) is 8.82. The van der Waals surface area contributed by atoms with Gasteiger partial charge in [0, 0.05) is 51.9 Å². The van der Waals surface area contributed by atoms with E-state index < -0.39 is 0 Å². The predicted molar refractivity (Wildman–Crippen MR) is 122 cm³/mol. The molecule has 2 aliphatic rings. The number of nitrogens with zero attached hydrogens (tertiary/aromatic N) is 2. The Morgan fingerprint density at radius 1 is 0.935 bits per heavy atom. The topological polar surface area (TPSA) is 70.7 Å². The number of H-pyrrole nitrogens is 1. The van der Waals surface area contributed by atoms with Crippen LogP contribution in [-0.4, -0.2) is 20.9 Å². The number of fused-ring (bicyclic) bond motifs is 3. The molecular weight excluding hydrogens is 384 g/mol. The first-order valence-corrected chi connectivity index (χ1v) is 11.0. The maximum atomic E-state index is 12.6. The molecule has 0 radical (unpaired) electrons. The molecule has 31 heavy (non-hydrogen) atoms. The highest BCUT2D eigenvalue weighted by molar-refractivity contribution is 6.02. The van der Waals surface area contributed by atoms with Crippen LogP contribution in [0.2, 0.25) is 0 Å². The minimum atomic E-state index is -0.191. The lowest BCUT2D eigenvalue weighted by molar-refractivity contribution is 0.0909. The van der Waals surface area contributed by atoms with Crippen LogP contribution < -0.4 is 5.32 Å². The third kappa shape index (κ3) is 2.80. The molecule has 2 N–H and O–H groups in total. The summed E-state index contributed by atoms with van der Waals surface area (Å²) in [4.78, 5) is 25.1. The smallest absolute Gasteiger partial charge is 0.252 e. The van der Waals surface area contributed by atoms with E-state index in [1.807, 2.05) is 37.6 Å². The molecule has 0 unspecified atom stereocenters. The van der Waals surface area contributed by atoms with Gasteiger partial charge in [-0.15, -0.1) is 0 Å². The number of pyridine rings is 2. The number of nitrogens with one attached hydrogen (secondary N) is 2. The molecule has 4 aromatic rings. The van der Waals surface area contributed by atoms with Crippen molar-refractivity contribution in [3.8, 4) is 22.3 Å². The van der Waals surface area contributed by atoms with Crippen LogP contribution in [0.15, 0.2) is 55.0 Å². The molecule has 5 heteroatoms. The molecule has 1 aromatic carbocycles. The number of rotatable bonds is 2. The van der Waals surface area contributed by atoms with Crippen LogP contribution in [0.4, 0.5) is 0 Å². The highest BCUT2D eigenvalue weighted by atomic mass is 16.2. The zero-order chi connectivity index (χ0) is 21.0. The summed E-state index contributed by atoms with van der Waals surface area (Å²) in [6, 6.07) is 12.5. The van der Waals surface area contributed by atoms with Gasteiger partial charge in [0.15, 0.2) is 0 Å². The lowest BCUT2D eigenvalue weighted by Gasteiger charge is -2.34. The lowest BCUT2D eigenvalue weighted by atomic mass is 9.77. The number of aryl methyl sites for hydroxylation is 1. The third-order valence-corrected chi connectivity index (χ3v) is 7.00. The normalized spacial score (nSPS) is 17.1. The van der Waals surface area contributed by atoms with Crippen LogP contribution in [0.25, 0.3) is 33.3 Å². The van der Waals surface area contributed by atoms with Crippen molar-refractivity contribution in [1.29, 1.82) is 0 Å². The number of carbonyl (C=O) groups is 1. The minimum absolute atomic E-state index is 0.0679. The van der Waals surface area contributed by atoms with E-state index in [9.17, 15) is 4.79 Å². The molecule has 154 valence electrons. The Kier molecular flexibility index (Phi) is 4.00. The molecule has 5 nitrogen and oxygen atoms in total. The average Bonchev–Trinajstić information content (AvgIpc) is 3.33. The fourth-order valence-electron chi connectivity index (χ4n) is 5.39. The molecule has 1 spiro atoms. The van der Waals surface area contributed by atoms with Crippen molar-refractivity contribution >= 4 is 16.9 Å². The minimum Gasteiger partial charge on any atom is -0.346 e. The van der Waals surface area contributed by atoms with E-state index in [2.05, 4.69) is 44.5 Å². The quantitative estimate of drug-likeness (QED) is 0.460.